The summed E-state index contributed by atoms with van der Waals surface area (Å²) in [5, 5.41) is 14.3. The fraction of sp³-hybridized carbons (Fsp3) is 0.211. The first-order chi connectivity index (χ1) is 12.3. The summed E-state index contributed by atoms with van der Waals surface area (Å²) in [4.78, 5) is 24.4. The van der Waals surface area contributed by atoms with Crippen molar-refractivity contribution in [1.29, 1.82) is 5.26 Å². The van der Waals surface area contributed by atoms with Gasteiger partial charge in [0.1, 0.15) is 17.0 Å². The van der Waals surface area contributed by atoms with Crippen LogP contribution in [0.5, 0.6) is 5.75 Å². The summed E-state index contributed by atoms with van der Waals surface area (Å²) in [5.74, 6) is -1.16. The molecule has 0 unspecified atom stereocenters. The van der Waals surface area contributed by atoms with Gasteiger partial charge in [-0.2, -0.15) is 5.26 Å². The van der Waals surface area contributed by atoms with Crippen molar-refractivity contribution in [3.8, 4) is 11.8 Å². The molecular weight excluding hydrogens is 337 g/mol. The summed E-state index contributed by atoms with van der Waals surface area (Å²) in [5.41, 5.74) is -0.375. The molecule has 2 rings (SSSR count). The molecule has 0 aromatic heterocycles. The lowest BCUT2D eigenvalue weighted by Crippen LogP contribution is -2.29. The first-order valence-electron chi connectivity index (χ1n) is 7.74. The van der Waals surface area contributed by atoms with Crippen molar-refractivity contribution in [3.05, 3.63) is 53.8 Å². The van der Waals surface area contributed by atoms with Gasteiger partial charge in [0.25, 0.3) is 5.91 Å². The number of halogens is 1. The van der Waals surface area contributed by atoms with Gasteiger partial charge in [0.15, 0.2) is 0 Å². The number of nitrogens with one attached hydrogen (secondary N) is 2. The molecule has 134 valence electrons. The van der Waals surface area contributed by atoms with Gasteiger partial charge in [-0.1, -0.05) is 6.07 Å². The third-order valence-electron chi connectivity index (χ3n) is 3.64. The van der Waals surface area contributed by atoms with Crippen LogP contribution in [0.2, 0.25) is 0 Å². The van der Waals surface area contributed by atoms with Crippen LogP contribution in [0.25, 0.3) is 0 Å². The molecule has 0 spiro atoms. The highest BCUT2D eigenvalue weighted by Gasteiger charge is 2.27. The lowest BCUT2D eigenvalue weighted by atomic mass is 9.94. The monoisotopic (exact) mass is 355 g/mol. The molecule has 0 saturated carbocycles. The Morgan fingerprint density at radius 3 is 2.50 bits per heavy atom. The van der Waals surface area contributed by atoms with Crippen LogP contribution in [0.4, 0.5) is 15.8 Å². The van der Waals surface area contributed by atoms with Crippen LogP contribution in [0, 0.1) is 22.6 Å². The first-order valence-corrected chi connectivity index (χ1v) is 7.74. The Balaban J connectivity index is 2.26. The van der Waals surface area contributed by atoms with E-state index in [1.807, 2.05) is 6.07 Å². The van der Waals surface area contributed by atoms with Crippen LogP contribution in [-0.2, 0) is 4.79 Å². The first kappa shape index (κ1) is 18.9. The minimum atomic E-state index is -1.20. The number of carbonyl (C=O) groups excluding carboxylic acids is 2. The Bertz CT molecular complexity index is 888. The molecule has 0 saturated heterocycles. The standard InChI is InChI=1S/C19H18FN3O3/c1-19(2,11-21)18(25)22-14-7-8-16(26-3)15(10-14)23-17(24)12-5-4-6-13(20)9-12/h4-10H,1-3H3,(H,22,25)(H,23,24). The molecule has 0 aliphatic carbocycles. The Kier molecular flexibility index (Phi) is 5.58. The topological polar surface area (TPSA) is 91.2 Å². The van der Waals surface area contributed by atoms with Crippen LogP contribution in [-0.4, -0.2) is 18.9 Å². The summed E-state index contributed by atoms with van der Waals surface area (Å²) in [6, 6.07) is 11.8. The van der Waals surface area contributed by atoms with Gasteiger partial charge in [-0.3, -0.25) is 9.59 Å². The normalized spacial score (nSPS) is 10.6. The number of nitriles is 1. The number of ether oxygens (including phenoxy) is 1. The molecule has 2 aromatic carbocycles. The van der Waals surface area contributed by atoms with E-state index in [1.54, 1.807) is 12.1 Å². The Hall–Kier alpha value is -3.40. The van der Waals surface area contributed by atoms with Crippen molar-refractivity contribution >= 4 is 23.2 Å². The number of hydrogen-bond donors (Lipinski definition) is 2. The van der Waals surface area contributed by atoms with E-state index in [2.05, 4.69) is 10.6 Å². The second-order valence-electron chi connectivity index (χ2n) is 6.07. The van der Waals surface area contributed by atoms with Crippen molar-refractivity contribution in [1.82, 2.24) is 0 Å². The minimum absolute atomic E-state index is 0.145. The van der Waals surface area contributed by atoms with Gasteiger partial charge in [-0.05, 0) is 50.2 Å². The highest BCUT2D eigenvalue weighted by atomic mass is 19.1. The molecule has 0 radical (unpaired) electrons. The number of benzene rings is 2. The zero-order valence-electron chi connectivity index (χ0n) is 14.6. The van der Waals surface area contributed by atoms with E-state index < -0.39 is 23.0 Å². The predicted molar refractivity (Wildman–Crippen MR) is 95.4 cm³/mol. The summed E-state index contributed by atoms with van der Waals surface area (Å²) in [6.07, 6.45) is 0. The average Bonchev–Trinajstić information content (AvgIpc) is 2.62. The van der Waals surface area contributed by atoms with E-state index in [-0.39, 0.29) is 5.56 Å². The number of amides is 2. The number of nitrogens with zero attached hydrogens (tertiary/aromatic N) is 1. The van der Waals surface area contributed by atoms with Gasteiger partial charge in [0, 0.05) is 11.3 Å². The Morgan fingerprint density at radius 2 is 1.88 bits per heavy atom. The molecule has 6 nitrogen and oxygen atoms in total. The molecule has 26 heavy (non-hydrogen) atoms. The molecule has 0 fully saturated rings. The molecule has 0 aliphatic rings. The van der Waals surface area contributed by atoms with Gasteiger partial charge in [-0.25, -0.2) is 4.39 Å². The van der Waals surface area contributed by atoms with E-state index in [0.717, 1.165) is 6.07 Å². The van der Waals surface area contributed by atoms with Crippen LogP contribution in [0.1, 0.15) is 24.2 Å². The summed E-state index contributed by atoms with van der Waals surface area (Å²) >= 11 is 0. The van der Waals surface area contributed by atoms with Crippen molar-refractivity contribution in [2.75, 3.05) is 17.7 Å². The fourth-order valence-electron chi connectivity index (χ4n) is 2.05. The second kappa shape index (κ2) is 7.66. The molecular formula is C19H18FN3O3. The second-order valence-corrected chi connectivity index (χ2v) is 6.07. The van der Waals surface area contributed by atoms with E-state index in [1.165, 1.54) is 45.2 Å². The third kappa shape index (κ3) is 4.36. The van der Waals surface area contributed by atoms with E-state index in [0.29, 0.717) is 17.1 Å². The number of rotatable bonds is 5. The Morgan fingerprint density at radius 1 is 1.15 bits per heavy atom. The van der Waals surface area contributed by atoms with Crippen LogP contribution in [0.3, 0.4) is 0 Å². The highest BCUT2D eigenvalue weighted by Crippen LogP contribution is 2.29. The minimum Gasteiger partial charge on any atom is -0.495 e. The Labute approximate surface area is 150 Å². The predicted octanol–water partition coefficient (Wildman–Crippen LogP) is 3.57. The van der Waals surface area contributed by atoms with Crippen LogP contribution in [0.15, 0.2) is 42.5 Å². The third-order valence-corrected chi connectivity index (χ3v) is 3.64. The van der Waals surface area contributed by atoms with Gasteiger partial charge in [0.2, 0.25) is 5.91 Å². The van der Waals surface area contributed by atoms with Crippen molar-refractivity contribution < 1.29 is 18.7 Å². The quantitative estimate of drug-likeness (QED) is 0.858. The molecule has 2 N–H and O–H groups in total. The lowest BCUT2D eigenvalue weighted by Gasteiger charge is -2.17. The largest absolute Gasteiger partial charge is 0.495 e. The summed E-state index contributed by atoms with van der Waals surface area (Å²) in [6.45, 7) is 3.00. The van der Waals surface area contributed by atoms with Crippen LogP contribution < -0.4 is 15.4 Å². The molecule has 0 aliphatic heterocycles. The maximum Gasteiger partial charge on any atom is 0.255 e. The van der Waals surface area contributed by atoms with Crippen molar-refractivity contribution in [3.63, 3.8) is 0 Å². The van der Waals surface area contributed by atoms with Crippen molar-refractivity contribution in [2.45, 2.75) is 13.8 Å². The van der Waals surface area contributed by atoms with Gasteiger partial charge >= 0.3 is 0 Å². The molecule has 7 heteroatoms. The molecule has 0 heterocycles. The number of hydrogen-bond acceptors (Lipinski definition) is 4. The zero-order chi connectivity index (χ0) is 19.3. The summed E-state index contributed by atoms with van der Waals surface area (Å²) < 4.78 is 18.5. The maximum atomic E-state index is 13.3. The maximum absolute atomic E-state index is 13.3. The van der Waals surface area contributed by atoms with E-state index >= 15 is 0 Å². The van der Waals surface area contributed by atoms with E-state index in [4.69, 9.17) is 10.00 Å². The fourth-order valence-corrected chi connectivity index (χ4v) is 2.05. The van der Waals surface area contributed by atoms with Gasteiger partial charge < -0.3 is 15.4 Å². The molecule has 0 atom stereocenters. The molecule has 2 amide bonds. The van der Waals surface area contributed by atoms with Crippen LogP contribution >= 0.6 is 0 Å². The summed E-state index contributed by atoms with van der Waals surface area (Å²) in [7, 11) is 1.43. The highest BCUT2D eigenvalue weighted by molar-refractivity contribution is 6.05. The SMILES string of the molecule is COc1ccc(NC(=O)C(C)(C)C#N)cc1NC(=O)c1cccc(F)c1. The number of carbonyl (C=O) groups is 2. The van der Waals surface area contributed by atoms with Gasteiger partial charge in [-0.15, -0.1) is 0 Å². The number of methoxy groups -OCH3 is 1. The van der Waals surface area contributed by atoms with E-state index in [9.17, 15) is 14.0 Å². The molecule has 2 aromatic rings. The molecule has 0 bridgehead atoms. The number of anilines is 2. The smallest absolute Gasteiger partial charge is 0.255 e. The van der Waals surface area contributed by atoms with Crippen molar-refractivity contribution in [2.24, 2.45) is 5.41 Å². The lowest BCUT2D eigenvalue weighted by molar-refractivity contribution is -0.121. The average molecular weight is 355 g/mol. The van der Waals surface area contributed by atoms with Gasteiger partial charge in [0.05, 0.1) is 18.9 Å². The zero-order valence-corrected chi connectivity index (χ0v) is 14.6.